The fourth-order valence-electron chi connectivity index (χ4n) is 3.62. The molecule has 1 saturated heterocycles. The average Bonchev–Trinajstić information content (AvgIpc) is 3.16. The first-order chi connectivity index (χ1) is 13.8. The monoisotopic (exact) mass is 451 g/mol. The van der Waals surface area contributed by atoms with E-state index in [1.54, 1.807) is 24.3 Å². The number of Topliss-reactive ketones (excluding diaryl/α,β-unsaturated/α-hetero) is 1. The molecule has 0 aromatic heterocycles. The Bertz CT molecular complexity index is 824. The summed E-state index contributed by atoms with van der Waals surface area (Å²) < 4.78 is 69.2. The smallest absolute Gasteiger partial charge is 0.414 e. The lowest BCUT2D eigenvalue weighted by atomic mass is 9.84. The fourth-order valence-corrected chi connectivity index (χ4v) is 5.35. The quantitative estimate of drug-likeness (QED) is 0.599. The molecule has 0 saturated carbocycles. The molecule has 0 radical (unpaired) electrons. The zero-order valence-electron chi connectivity index (χ0n) is 17.1. The molecule has 1 fully saturated rings. The Morgan fingerprint density at radius 2 is 1.87 bits per heavy atom. The Morgan fingerprint density at radius 3 is 2.37 bits per heavy atom. The van der Waals surface area contributed by atoms with Crippen molar-refractivity contribution in [1.29, 1.82) is 0 Å². The molecule has 1 aromatic carbocycles. The number of hydrogen-bond donors (Lipinski definition) is 2. The number of aliphatic hydroxyl groups is 1. The van der Waals surface area contributed by atoms with Gasteiger partial charge in [-0.05, 0) is 30.0 Å². The van der Waals surface area contributed by atoms with E-state index in [-0.39, 0.29) is 18.7 Å². The third kappa shape index (κ3) is 6.18. The number of ether oxygens (including phenoxy) is 1. The number of carbonyl (C=O) groups excluding carboxylic acids is 1. The maximum atomic E-state index is 12.9. The van der Waals surface area contributed by atoms with Crippen LogP contribution < -0.4 is 10.1 Å². The lowest BCUT2D eigenvalue weighted by molar-refractivity contribution is -0.224. The summed E-state index contributed by atoms with van der Waals surface area (Å²) in [5, 5.41) is 11.6. The van der Waals surface area contributed by atoms with Gasteiger partial charge in [0.25, 0.3) is 0 Å². The molecule has 1 aliphatic rings. The normalized spacial score (nSPS) is 22.1. The zero-order valence-corrected chi connectivity index (χ0v) is 18.0. The van der Waals surface area contributed by atoms with Gasteiger partial charge in [0, 0.05) is 18.9 Å². The molecule has 1 aliphatic heterocycles. The van der Waals surface area contributed by atoms with E-state index in [0.29, 0.717) is 11.3 Å². The number of carbonyl (C=O) groups is 1. The van der Waals surface area contributed by atoms with Gasteiger partial charge in [0.15, 0.2) is 15.9 Å². The second-order valence-electron chi connectivity index (χ2n) is 8.04. The highest BCUT2D eigenvalue weighted by Crippen LogP contribution is 2.33. The molecule has 1 unspecified atom stereocenters. The molecule has 2 rings (SSSR count). The second-order valence-corrected chi connectivity index (χ2v) is 10.3. The van der Waals surface area contributed by atoms with Gasteiger partial charge in [-0.3, -0.25) is 4.79 Å². The Hall–Kier alpha value is -1.65. The van der Waals surface area contributed by atoms with E-state index in [4.69, 9.17) is 4.74 Å². The summed E-state index contributed by atoms with van der Waals surface area (Å²) in [6, 6.07) is 5.76. The Morgan fingerprint density at radius 1 is 1.27 bits per heavy atom. The predicted octanol–water partition coefficient (Wildman–Crippen LogP) is 2.50. The SMILES string of the molecule is COc1ccc(CS(=O)(=O)[C@H]2CNC(C(=O)C[C@@H](C(C)C)[C@H](O)C(F)(F)F)C2)cc1. The van der Waals surface area contributed by atoms with Crippen molar-refractivity contribution in [3.63, 3.8) is 0 Å². The third-order valence-electron chi connectivity index (χ3n) is 5.55. The molecule has 0 spiro atoms. The van der Waals surface area contributed by atoms with Crippen LogP contribution in [0.25, 0.3) is 0 Å². The summed E-state index contributed by atoms with van der Waals surface area (Å²) >= 11 is 0. The van der Waals surface area contributed by atoms with Crippen molar-refractivity contribution >= 4 is 15.6 Å². The van der Waals surface area contributed by atoms with Crippen molar-refractivity contribution < 1.29 is 36.2 Å². The molecular weight excluding hydrogens is 423 g/mol. The fraction of sp³-hybridized carbons (Fsp3) is 0.650. The third-order valence-corrected chi connectivity index (χ3v) is 7.66. The van der Waals surface area contributed by atoms with Crippen LogP contribution in [0.2, 0.25) is 0 Å². The molecule has 30 heavy (non-hydrogen) atoms. The first kappa shape index (κ1) is 24.6. The number of ketones is 1. The maximum Gasteiger partial charge on any atom is 0.414 e. The zero-order chi connectivity index (χ0) is 22.7. The molecule has 6 nitrogen and oxygen atoms in total. The molecule has 0 amide bonds. The minimum Gasteiger partial charge on any atom is -0.497 e. The summed E-state index contributed by atoms with van der Waals surface area (Å²) in [7, 11) is -2.06. The molecule has 0 bridgehead atoms. The molecule has 170 valence electrons. The van der Waals surface area contributed by atoms with E-state index in [9.17, 15) is 31.5 Å². The van der Waals surface area contributed by atoms with Gasteiger partial charge in [-0.25, -0.2) is 8.42 Å². The highest BCUT2D eigenvalue weighted by Gasteiger charge is 2.46. The molecule has 4 atom stereocenters. The number of sulfone groups is 1. The van der Waals surface area contributed by atoms with Crippen LogP contribution in [0.4, 0.5) is 13.2 Å². The van der Waals surface area contributed by atoms with Crippen LogP contribution in [-0.2, 0) is 20.4 Å². The van der Waals surface area contributed by atoms with Crippen molar-refractivity contribution in [3.8, 4) is 5.75 Å². The number of aliphatic hydroxyl groups excluding tert-OH is 1. The number of hydrogen-bond acceptors (Lipinski definition) is 6. The topological polar surface area (TPSA) is 92.7 Å². The second kappa shape index (κ2) is 9.65. The van der Waals surface area contributed by atoms with E-state index in [0.717, 1.165) is 0 Å². The number of halogens is 3. The largest absolute Gasteiger partial charge is 0.497 e. The molecule has 1 aromatic rings. The summed E-state index contributed by atoms with van der Waals surface area (Å²) in [5.41, 5.74) is 0.582. The van der Waals surface area contributed by atoms with Crippen LogP contribution in [0.15, 0.2) is 24.3 Å². The Balaban J connectivity index is 2.01. The van der Waals surface area contributed by atoms with Gasteiger partial charge >= 0.3 is 6.18 Å². The molecule has 10 heteroatoms. The Kier molecular flexibility index (Phi) is 7.92. The van der Waals surface area contributed by atoms with Gasteiger partial charge in [0.05, 0.1) is 24.2 Å². The van der Waals surface area contributed by atoms with Crippen LogP contribution in [-0.4, -0.2) is 56.5 Å². The molecule has 0 aliphatic carbocycles. The van der Waals surface area contributed by atoms with Crippen molar-refractivity contribution in [3.05, 3.63) is 29.8 Å². The van der Waals surface area contributed by atoms with Crippen molar-refractivity contribution in [2.45, 2.75) is 56.0 Å². The van der Waals surface area contributed by atoms with Gasteiger partial charge in [-0.15, -0.1) is 0 Å². The lowest BCUT2D eigenvalue weighted by Crippen LogP contribution is -2.42. The first-order valence-electron chi connectivity index (χ1n) is 9.70. The average molecular weight is 452 g/mol. The van der Waals surface area contributed by atoms with Crippen LogP contribution in [0, 0.1) is 11.8 Å². The van der Waals surface area contributed by atoms with Crippen molar-refractivity contribution in [2.75, 3.05) is 13.7 Å². The minimum atomic E-state index is -4.82. The van der Waals surface area contributed by atoms with Gasteiger partial charge in [0.1, 0.15) is 11.5 Å². The number of benzene rings is 1. The highest BCUT2D eigenvalue weighted by molar-refractivity contribution is 7.91. The maximum absolute atomic E-state index is 12.9. The first-order valence-corrected chi connectivity index (χ1v) is 11.4. The van der Waals surface area contributed by atoms with Gasteiger partial charge < -0.3 is 15.2 Å². The van der Waals surface area contributed by atoms with E-state index < -0.39 is 57.4 Å². The number of alkyl halides is 3. The highest BCUT2D eigenvalue weighted by atomic mass is 32.2. The van der Waals surface area contributed by atoms with Crippen LogP contribution in [0.5, 0.6) is 5.75 Å². The number of rotatable bonds is 9. The molecular formula is C20H28F3NO5S. The van der Waals surface area contributed by atoms with Crippen LogP contribution in [0.3, 0.4) is 0 Å². The summed E-state index contributed by atoms with van der Waals surface area (Å²) in [5.74, 6) is -1.97. The van der Waals surface area contributed by atoms with Crippen molar-refractivity contribution in [1.82, 2.24) is 5.32 Å². The van der Waals surface area contributed by atoms with E-state index in [1.165, 1.54) is 21.0 Å². The van der Waals surface area contributed by atoms with Gasteiger partial charge in [-0.1, -0.05) is 26.0 Å². The van der Waals surface area contributed by atoms with Crippen LogP contribution >= 0.6 is 0 Å². The van der Waals surface area contributed by atoms with E-state index in [1.807, 2.05) is 0 Å². The predicted molar refractivity (Wildman–Crippen MR) is 106 cm³/mol. The Labute approximate surface area is 174 Å². The van der Waals surface area contributed by atoms with E-state index in [2.05, 4.69) is 5.32 Å². The van der Waals surface area contributed by atoms with Gasteiger partial charge in [0.2, 0.25) is 0 Å². The van der Waals surface area contributed by atoms with Gasteiger partial charge in [-0.2, -0.15) is 13.2 Å². The van der Waals surface area contributed by atoms with Crippen LogP contribution in [0.1, 0.15) is 32.3 Å². The van der Waals surface area contributed by atoms with E-state index >= 15 is 0 Å². The minimum absolute atomic E-state index is 0.00422. The lowest BCUT2D eigenvalue weighted by Gasteiger charge is -2.28. The van der Waals surface area contributed by atoms with Crippen molar-refractivity contribution in [2.24, 2.45) is 11.8 Å². The molecule has 1 heterocycles. The summed E-state index contributed by atoms with van der Waals surface area (Å²) in [6.07, 6.45) is -7.88. The molecule has 2 N–H and O–H groups in total. The summed E-state index contributed by atoms with van der Waals surface area (Å²) in [4.78, 5) is 12.5. The number of methoxy groups -OCH3 is 1. The number of nitrogens with one attached hydrogen (secondary N) is 1. The standard InChI is InChI=1S/C20H28F3NO5S/c1-12(2)16(19(26)20(21,22)23)9-18(25)17-8-15(10-24-17)30(27,28)11-13-4-6-14(29-3)7-5-13/h4-7,12,15-17,19,24,26H,8-11H2,1-3H3/t15-,16+,17?,19+/m1/s1. The summed E-state index contributed by atoms with van der Waals surface area (Å²) in [6.45, 7) is 3.08.